The molecule has 6 rings (SSSR count). The number of halogens is 2. The van der Waals surface area contributed by atoms with Gasteiger partial charge in [0, 0.05) is 9.86 Å². The molecule has 0 radical (unpaired) electrons. The quantitative estimate of drug-likeness (QED) is 0.210. The van der Waals surface area contributed by atoms with Gasteiger partial charge in [0.2, 0.25) is 0 Å². The van der Waals surface area contributed by atoms with Crippen LogP contribution in [0.4, 0.5) is 10.2 Å². The topological polar surface area (TPSA) is 43.8 Å². The van der Waals surface area contributed by atoms with Crippen LogP contribution < -0.4 is 5.73 Å². The monoisotopic (exact) mass is 561 g/mol. The average Bonchev–Trinajstić information content (AvgIpc) is 3.26. The normalized spacial score (nSPS) is 11.6. The van der Waals surface area contributed by atoms with Crippen molar-refractivity contribution in [1.82, 2.24) is 9.78 Å². The maximum absolute atomic E-state index is 13.9. The Kier molecular flexibility index (Phi) is 6.30. The number of hydrogen-bond acceptors (Lipinski definition) is 2. The second-order valence-electron chi connectivity index (χ2n) is 9.37. The molecule has 0 bridgehead atoms. The molecule has 38 heavy (non-hydrogen) atoms. The molecule has 0 atom stereocenters. The van der Waals surface area contributed by atoms with E-state index < -0.39 is 5.54 Å². The molecule has 0 spiro atoms. The van der Waals surface area contributed by atoms with Crippen molar-refractivity contribution in [3.8, 4) is 0 Å². The SMILES string of the molecule is Nc1nn(C(c2ccccc2)(c2ccccc2)c2ccccc2)c2cc(Br)c(Cc3cccc(F)c3)cc12. The summed E-state index contributed by atoms with van der Waals surface area (Å²) in [5, 5.41) is 5.86. The van der Waals surface area contributed by atoms with Crippen molar-refractivity contribution in [2.45, 2.75) is 12.0 Å². The van der Waals surface area contributed by atoms with Crippen molar-refractivity contribution < 1.29 is 4.39 Å². The molecule has 0 aliphatic carbocycles. The largest absolute Gasteiger partial charge is 0.382 e. The zero-order chi connectivity index (χ0) is 26.1. The smallest absolute Gasteiger partial charge is 0.153 e. The highest BCUT2D eigenvalue weighted by atomic mass is 79.9. The van der Waals surface area contributed by atoms with Gasteiger partial charge in [-0.05, 0) is 58.5 Å². The summed E-state index contributed by atoms with van der Waals surface area (Å²) in [4.78, 5) is 0. The summed E-state index contributed by atoms with van der Waals surface area (Å²) < 4.78 is 16.8. The number of rotatable bonds is 6. The van der Waals surface area contributed by atoms with Gasteiger partial charge >= 0.3 is 0 Å². The molecule has 0 unspecified atom stereocenters. The van der Waals surface area contributed by atoms with Gasteiger partial charge in [-0.2, -0.15) is 5.10 Å². The first-order valence-corrected chi connectivity index (χ1v) is 13.2. The molecule has 0 aliphatic heterocycles. The lowest BCUT2D eigenvalue weighted by atomic mass is 9.77. The highest BCUT2D eigenvalue weighted by Gasteiger charge is 2.40. The minimum atomic E-state index is -0.775. The molecule has 6 aromatic rings. The number of hydrogen-bond donors (Lipinski definition) is 1. The van der Waals surface area contributed by atoms with Crippen molar-refractivity contribution in [2.75, 3.05) is 5.73 Å². The maximum atomic E-state index is 13.9. The highest BCUT2D eigenvalue weighted by Crippen LogP contribution is 2.43. The first-order chi connectivity index (χ1) is 18.6. The second-order valence-corrected chi connectivity index (χ2v) is 10.2. The number of benzene rings is 5. The lowest BCUT2D eigenvalue weighted by Crippen LogP contribution is -2.38. The zero-order valence-electron chi connectivity index (χ0n) is 20.6. The molecule has 0 amide bonds. The van der Waals surface area contributed by atoms with E-state index in [9.17, 15) is 4.39 Å². The van der Waals surface area contributed by atoms with Gasteiger partial charge in [0.05, 0.1) is 5.52 Å². The van der Waals surface area contributed by atoms with Crippen LogP contribution in [0.25, 0.3) is 10.9 Å². The number of anilines is 1. The number of fused-ring (bicyclic) bond motifs is 1. The zero-order valence-corrected chi connectivity index (χ0v) is 22.1. The molecule has 0 fully saturated rings. The van der Waals surface area contributed by atoms with Crippen molar-refractivity contribution >= 4 is 32.7 Å². The van der Waals surface area contributed by atoms with Gasteiger partial charge in [-0.3, -0.25) is 0 Å². The Morgan fingerprint density at radius 2 is 1.26 bits per heavy atom. The molecule has 1 aromatic heterocycles. The Bertz CT molecular complexity index is 1620. The number of nitrogen functional groups attached to an aromatic ring is 1. The molecule has 1 heterocycles. The fourth-order valence-corrected chi connectivity index (χ4v) is 5.84. The van der Waals surface area contributed by atoms with Gasteiger partial charge in [0.1, 0.15) is 11.4 Å². The van der Waals surface area contributed by atoms with Gasteiger partial charge in [-0.1, -0.05) is 119 Å². The van der Waals surface area contributed by atoms with Crippen molar-refractivity contribution in [2.24, 2.45) is 0 Å². The molecule has 5 heteroatoms. The summed E-state index contributed by atoms with van der Waals surface area (Å²) in [7, 11) is 0. The van der Waals surface area contributed by atoms with E-state index in [0.29, 0.717) is 12.2 Å². The number of nitrogens with zero attached hydrogens (tertiary/aromatic N) is 2. The van der Waals surface area contributed by atoms with Crippen molar-refractivity contribution in [3.63, 3.8) is 0 Å². The first-order valence-electron chi connectivity index (χ1n) is 12.5. The van der Waals surface area contributed by atoms with Crippen LogP contribution in [0.15, 0.2) is 132 Å². The van der Waals surface area contributed by atoms with E-state index in [0.717, 1.165) is 43.2 Å². The van der Waals surface area contributed by atoms with Crippen LogP contribution in [-0.2, 0) is 12.0 Å². The van der Waals surface area contributed by atoms with E-state index in [1.54, 1.807) is 12.1 Å². The minimum Gasteiger partial charge on any atom is -0.382 e. The van der Waals surface area contributed by atoms with Crippen LogP contribution in [0.1, 0.15) is 27.8 Å². The number of nitrogens with two attached hydrogens (primary N) is 1. The molecule has 186 valence electrons. The second kappa shape index (κ2) is 9.92. The van der Waals surface area contributed by atoms with E-state index in [4.69, 9.17) is 10.8 Å². The molecule has 0 aliphatic rings. The fourth-order valence-electron chi connectivity index (χ4n) is 5.37. The Morgan fingerprint density at radius 1 is 0.711 bits per heavy atom. The third kappa shape index (κ3) is 4.09. The molecule has 3 nitrogen and oxygen atoms in total. The van der Waals surface area contributed by atoms with Gasteiger partial charge in [0.15, 0.2) is 5.82 Å². The summed E-state index contributed by atoms with van der Waals surface area (Å²) >= 11 is 3.80. The highest BCUT2D eigenvalue weighted by molar-refractivity contribution is 9.10. The molecule has 2 N–H and O–H groups in total. The van der Waals surface area contributed by atoms with E-state index in [1.807, 2.05) is 28.9 Å². The van der Waals surface area contributed by atoms with E-state index in [1.165, 1.54) is 6.07 Å². The third-order valence-corrected chi connectivity index (χ3v) is 7.79. The van der Waals surface area contributed by atoms with Crippen LogP contribution in [0.3, 0.4) is 0 Å². The summed E-state index contributed by atoms with van der Waals surface area (Å²) in [5.74, 6) is 0.200. The predicted octanol–water partition coefficient (Wildman–Crippen LogP) is 7.95. The summed E-state index contributed by atoms with van der Waals surface area (Å²) in [5.41, 5.74) is 11.9. The molecule has 0 saturated heterocycles. The van der Waals surface area contributed by atoms with Crippen LogP contribution in [0.5, 0.6) is 0 Å². The summed E-state index contributed by atoms with van der Waals surface area (Å²) in [6.07, 6.45) is 0.570. The van der Waals surface area contributed by atoms with Crippen LogP contribution in [0.2, 0.25) is 0 Å². The summed E-state index contributed by atoms with van der Waals surface area (Å²) in [6.45, 7) is 0. The first kappa shape index (κ1) is 24.1. The van der Waals surface area contributed by atoms with Crippen molar-refractivity contribution in [3.05, 3.63) is 166 Å². The van der Waals surface area contributed by atoms with Crippen LogP contribution >= 0.6 is 15.9 Å². The van der Waals surface area contributed by atoms with E-state index >= 15 is 0 Å². The fraction of sp³-hybridized carbons (Fsp3) is 0.0606. The average molecular weight is 562 g/mol. The lowest BCUT2D eigenvalue weighted by Gasteiger charge is -2.37. The Labute approximate surface area is 229 Å². The van der Waals surface area contributed by atoms with E-state index in [2.05, 4.69) is 101 Å². The van der Waals surface area contributed by atoms with Crippen LogP contribution in [-0.4, -0.2) is 9.78 Å². The molecular weight excluding hydrogens is 537 g/mol. The number of aromatic nitrogens is 2. The lowest BCUT2D eigenvalue weighted by molar-refractivity contribution is 0.477. The van der Waals surface area contributed by atoms with Gasteiger partial charge in [-0.15, -0.1) is 0 Å². The standard InChI is InChI=1S/C33H25BrFN3/c34-30-22-31-29(21-24(30)19-23-11-10-18-28(35)20-23)32(36)37-38(31)33(25-12-4-1-5-13-25,26-14-6-2-7-15-26)27-16-8-3-9-17-27/h1-18,20-22H,19H2,(H2,36,37). The summed E-state index contributed by atoms with van der Waals surface area (Å²) in [6, 6.07) is 42.0. The molecule has 5 aromatic carbocycles. The Balaban J connectivity index is 1.65. The van der Waals surface area contributed by atoms with Gasteiger partial charge < -0.3 is 5.73 Å². The third-order valence-electron chi connectivity index (χ3n) is 7.05. The minimum absolute atomic E-state index is 0.245. The molecule has 0 saturated carbocycles. The van der Waals surface area contributed by atoms with Gasteiger partial charge in [0.25, 0.3) is 0 Å². The Hall–Kier alpha value is -4.22. The van der Waals surface area contributed by atoms with Gasteiger partial charge in [-0.25, -0.2) is 9.07 Å². The maximum Gasteiger partial charge on any atom is 0.153 e. The van der Waals surface area contributed by atoms with E-state index in [-0.39, 0.29) is 5.82 Å². The molecular formula is C33H25BrFN3. The van der Waals surface area contributed by atoms with Crippen molar-refractivity contribution in [1.29, 1.82) is 0 Å². The predicted molar refractivity (Wildman–Crippen MR) is 156 cm³/mol. The van der Waals surface area contributed by atoms with Crippen LogP contribution in [0, 0.1) is 5.82 Å². The Morgan fingerprint density at radius 3 is 1.79 bits per heavy atom.